The van der Waals surface area contributed by atoms with E-state index in [2.05, 4.69) is 17.4 Å². The molecule has 1 aliphatic rings. The minimum atomic E-state index is -0.899. The molecule has 1 aliphatic heterocycles. The Balaban J connectivity index is 1.29. The van der Waals surface area contributed by atoms with Crippen LogP contribution in [0.3, 0.4) is 0 Å². The maximum Gasteiger partial charge on any atom is 0.303 e. The second kappa shape index (κ2) is 15.7. The summed E-state index contributed by atoms with van der Waals surface area (Å²) in [7, 11) is 0. The van der Waals surface area contributed by atoms with Crippen molar-refractivity contribution in [3.63, 3.8) is 0 Å². The van der Waals surface area contributed by atoms with E-state index in [4.69, 9.17) is 14.6 Å². The molecule has 0 saturated carbocycles. The molecule has 7 nitrogen and oxygen atoms in total. The zero-order valence-corrected chi connectivity index (χ0v) is 25.2. The van der Waals surface area contributed by atoms with Gasteiger partial charge in [0, 0.05) is 42.0 Å². The Labute approximate surface area is 262 Å². The van der Waals surface area contributed by atoms with Crippen LogP contribution in [-0.2, 0) is 32.2 Å². The van der Waals surface area contributed by atoms with E-state index in [1.165, 1.54) is 4.90 Å². The lowest BCUT2D eigenvalue weighted by Crippen LogP contribution is -2.31. The van der Waals surface area contributed by atoms with Gasteiger partial charge < -0.3 is 25.0 Å². The Morgan fingerprint density at radius 1 is 0.818 bits per heavy atom. The highest BCUT2D eigenvalue weighted by molar-refractivity contribution is 7.99. The van der Waals surface area contributed by atoms with Gasteiger partial charge in [0.25, 0.3) is 0 Å². The van der Waals surface area contributed by atoms with Gasteiger partial charge >= 0.3 is 5.97 Å². The summed E-state index contributed by atoms with van der Waals surface area (Å²) in [6.07, 6.45) is 0.486. The maximum atomic E-state index is 12.2. The number of amides is 1. The molecule has 0 bridgehead atoms. The average molecular weight is 612 g/mol. The molecule has 3 atom stereocenters. The fourth-order valence-corrected chi connectivity index (χ4v) is 6.13. The van der Waals surface area contributed by atoms with Crippen LogP contribution in [0.4, 0.5) is 0 Å². The number of hydrogen-bond acceptors (Lipinski definition) is 6. The number of aliphatic carboxylic acids is 1. The molecule has 3 N–H and O–H groups in total. The Morgan fingerprint density at radius 2 is 1.52 bits per heavy atom. The Hall–Kier alpha value is -3.95. The van der Waals surface area contributed by atoms with Crippen LogP contribution in [-0.4, -0.2) is 33.9 Å². The third-order valence-corrected chi connectivity index (χ3v) is 8.72. The fourth-order valence-electron chi connectivity index (χ4n) is 5.19. The van der Waals surface area contributed by atoms with Crippen molar-refractivity contribution in [3.05, 3.63) is 125 Å². The SMILES string of the molecule is O=C(O)CCCC(=O)NCc1ccccc1-c1ccc([C@H]2O[C@@H](CSc3ccccc3)C[C@@H](c3ccc(CO)cc3)O2)cc1. The smallest absolute Gasteiger partial charge is 0.303 e. The molecule has 0 radical (unpaired) electrons. The minimum absolute atomic E-state index is 0.00250. The maximum absolute atomic E-state index is 12.2. The molecule has 1 saturated heterocycles. The van der Waals surface area contributed by atoms with E-state index >= 15 is 0 Å². The second-order valence-electron chi connectivity index (χ2n) is 10.8. The van der Waals surface area contributed by atoms with Crippen molar-refractivity contribution in [1.29, 1.82) is 0 Å². The Kier molecular flexibility index (Phi) is 11.2. The molecular weight excluding hydrogens is 574 g/mol. The normalized spacial score (nSPS) is 18.1. The molecule has 44 heavy (non-hydrogen) atoms. The first-order valence-electron chi connectivity index (χ1n) is 14.8. The van der Waals surface area contributed by atoms with Gasteiger partial charge in [-0.1, -0.05) is 91.0 Å². The average Bonchev–Trinajstić information content (AvgIpc) is 3.07. The van der Waals surface area contributed by atoms with Crippen LogP contribution in [0.2, 0.25) is 0 Å². The standard InChI is InChI=1S/C36H37NO6S/c38-23-25-13-15-27(16-14-25)33-21-30(24-44-31-8-2-1-3-9-31)42-36(43-33)28-19-17-26(18-20-28)32-10-5-4-7-29(32)22-37-34(39)11-6-12-35(40)41/h1-5,7-10,13-20,30,33,36,38H,6,11-12,21-24H2,(H,37,39)(H,40,41)/t30-,33+,36+/m1/s1. The highest BCUT2D eigenvalue weighted by atomic mass is 32.2. The summed E-state index contributed by atoms with van der Waals surface area (Å²) in [4.78, 5) is 24.2. The summed E-state index contributed by atoms with van der Waals surface area (Å²) in [5.41, 5.74) is 5.83. The molecule has 0 unspecified atom stereocenters. The van der Waals surface area contributed by atoms with Crippen LogP contribution in [0.15, 0.2) is 108 Å². The molecule has 4 aromatic rings. The number of nitrogens with one attached hydrogen (secondary N) is 1. The monoisotopic (exact) mass is 611 g/mol. The first kappa shape index (κ1) is 31.5. The fraction of sp³-hybridized carbons (Fsp3) is 0.278. The summed E-state index contributed by atoms with van der Waals surface area (Å²) in [6.45, 7) is 0.360. The van der Waals surface area contributed by atoms with Crippen molar-refractivity contribution in [3.8, 4) is 11.1 Å². The lowest BCUT2D eigenvalue weighted by atomic mass is 9.97. The molecule has 1 amide bonds. The van der Waals surface area contributed by atoms with Crippen molar-refractivity contribution < 1.29 is 29.3 Å². The van der Waals surface area contributed by atoms with Crippen LogP contribution in [0.25, 0.3) is 11.1 Å². The second-order valence-corrected chi connectivity index (χ2v) is 11.9. The number of hydrogen-bond donors (Lipinski definition) is 3. The topological polar surface area (TPSA) is 105 Å². The van der Waals surface area contributed by atoms with Gasteiger partial charge in [-0.3, -0.25) is 9.59 Å². The van der Waals surface area contributed by atoms with E-state index in [0.717, 1.165) is 45.6 Å². The summed E-state index contributed by atoms with van der Waals surface area (Å²) < 4.78 is 13.0. The Bertz CT molecular complexity index is 1510. The van der Waals surface area contributed by atoms with Crippen molar-refractivity contribution >= 4 is 23.6 Å². The highest BCUT2D eigenvalue weighted by Gasteiger charge is 2.32. The first-order valence-corrected chi connectivity index (χ1v) is 15.8. The number of carbonyl (C=O) groups is 2. The van der Waals surface area contributed by atoms with Crippen molar-refractivity contribution in [2.75, 3.05) is 5.75 Å². The van der Waals surface area contributed by atoms with Crippen LogP contribution in [0.1, 0.15) is 60.3 Å². The quantitative estimate of drug-likeness (QED) is 0.139. The van der Waals surface area contributed by atoms with Gasteiger partial charge in [-0.2, -0.15) is 0 Å². The Morgan fingerprint density at radius 3 is 2.25 bits per heavy atom. The predicted octanol–water partition coefficient (Wildman–Crippen LogP) is 7.05. The molecular formula is C36H37NO6S. The number of aliphatic hydroxyl groups is 1. The summed E-state index contributed by atoms with van der Waals surface area (Å²) >= 11 is 1.77. The lowest BCUT2D eigenvalue weighted by molar-refractivity contribution is -0.245. The van der Waals surface area contributed by atoms with E-state index in [9.17, 15) is 14.7 Å². The van der Waals surface area contributed by atoms with Gasteiger partial charge in [-0.15, -0.1) is 11.8 Å². The summed E-state index contributed by atoms with van der Waals surface area (Å²) in [6, 6.07) is 34.3. The summed E-state index contributed by atoms with van der Waals surface area (Å²) in [5, 5.41) is 21.2. The zero-order valence-electron chi connectivity index (χ0n) is 24.4. The number of aliphatic hydroxyl groups excluding tert-OH is 1. The number of carboxylic acid groups (broad SMARTS) is 1. The van der Waals surface area contributed by atoms with E-state index in [0.29, 0.717) is 13.0 Å². The number of rotatable bonds is 13. The van der Waals surface area contributed by atoms with Crippen LogP contribution in [0.5, 0.6) is 0 Å². The van der Waals surface area contributed by atoms with E-state index in [1.807, 2.05) is 91.0 Å². The van der Waals surface area contributed by atoms with Crippen molar-refractivity contribution in [1.82, 2.24) is 5.32 Å². The van der Waals surface area contributed by atoms with Crippen molar-refractivity contribution in [2.45, 2.75) is 62.2 Å². The van der Waals surface area contributed by atoms with E-state index in [-0.39, 0.29) is 37.6 Å². The largest absolute Gasteiger partial charge is 0.481 e. The highest BCUT2D eigenvalue weighted by Crippen LogP contribution is 2.40. The van der Waals surface area contributed by atoms with Gasteiger partial charge in [-0.05, 0) is 46.4 Å². The molecule has 228 valence electrons. The molecule has 0 aliphatic carbocycles. The van der Waals surface area contributed by atoms with Gasteiger partial charge in [0.15, 0.2) is 6.29 Å². The summed E-state index contributed by atoms with van der Waals surface area (Å²) in [5.74, 6) is -0.268. The molecule has 5 rings (SSSR count). The minimum Gasteiger partial charge on any atom is -0.481 e. The lowest BCUT2D eigenvalue weighted by Gasteiger charge is -2.36. The van der Waals surface area contributed by atoms with Gasteiger partial charge in [0.2, 0.25) is 5.91 Å². The van der Waals surface area contributed by atoms with Crippen molar-refractivity contribution in [2.24, 2.45) is 0 Å². The number of carbonyl (C=O) groups excluding carboxylic acids is 1. The number of benzene rings is 4. The van der Waals surface area contributed by atoms with E-state index in [1.54, 1.807) is 11.8 Å². The third kappa shape index (κ3) is 8.80. The van der Waals surface area contributed by atoms with Gasteiger partial charge in [-0.25, -0.2) is 0 Å². The van der Waals surface area contributed by atoms with Gasteiger partial charge in [0.1, 0.15) is 0 Å². The van der Waals surface area contributed by atoms with Crippen LogP contribution >= 0.6 is 11.8 Å². The molecule has 0 aromatic heterocycles. The number of ether oxygens (including phenoxy) is 2. The first-order chi connectivity index (χ1) is 21.5. The predicted molar refractivity (Wildman–Crippen MR) is 171 cm³/mol. The molecule has 0 spiro atoms. The molecule has 1 fully saturated rings. The van der Waals surface area contributed by atoms with Crippen LogP contribution in [0, 0.1) is 0 Å². The molecule has 8 heteroatoms. The zero-order chi connectivity index (χ0) is 30.7. The molecule has 4 aromatic carbocycles. The third-order valence-electron chi connectivity index (χ3n) is 7.58. The number of thioether (sulfide) groups is 1. The van der Waals surface area contributed by atoms with Gasteiger partial charge in [0.05, 0.1) is 18.8 Å². The van der Waals surface area contributed by atoms with Crippen LogP contribution < -0.4 is 5.32 Å². The van der Waals surface area contributed by atoms with E-state index < -0.39 is 12.3 Å². The molecule has 1 heterocycles. The number of carboxylic acids is 1.